The van der Waals surface area contributed by atoms with Crippen molar-refractivity contribution in [3.8, 4) is 0 Å². The van der Waals surface area contributed by atoms with E-state index in [-0.39, 0.29) is 37.2 Å². The second-order valence-electron chi connectivity index (χ2n) is 4.10. The highest BCUT2D eigenvalue weighted by Gasteiger charge is 2.12. The summed E-state index contributed by atoms with van der Waals surface area (Å²) in [6.45, 7) is 5.47. The first-order chi connectivity index (χ1) is 7.92. The molecule has 1 fully saturated rings. The number of benzene rings is 1. The fourth-order valence-corrected chi connectivity index (χ4v) is 3.06. The second-order valence-corrected chi connectivity index (χ2v) is 5.22. The van der Waals surface area contributed by atoms with Gasteiger partial charge in [0, 0.05) is 26.2 Å². The predicted octanol–water partition coefficient (Wildman–Crippen LogP) is 2.97. The average Bonchev–Trinajstić information content (AvgIpc) is 2.72. The average molecular weight is 343 g/mol. The lowest BCUT2D eigenvalue weighted by Gasteiger charge is -2.25. The van der Waals surface area contributed by atoms with Crippen molar-refractivity contribution < 1.29 is 0 Å². The summed E-state index contributed by atoms with van der Waals surface area (Å²) < 4.78 is 1.30. The van der Waals surface area contributed by atoms with Gasteiger partial charge in [-0.15, -0.1) is 48.6 Å². The number of nitrogens with one attached hydrogen (secondary N) is 1. The summed E-state index contributed by atoms with van der Waals surface area (Å²) in [5, 5.41) is 4.61. The summed E-state index contributed by atoms with van der Waals surface area (Å²) in [6.07, 6.45) is 0. The molecule has 19 heavy (non-hydrogen) atoms. The van der Waals surface area contributed by atoms with Crippen LogP contribution in [-0.4, -0.2) is 36.1 Å². The van der Waals surface area contributed by atoms with E-state index in [1.54, 1.807) is 0 Å². The summed E-state index contributed by atoms with van der Waals surface area (Å²) in [5.74, 6) is 0. The van der Waals surface area contributed by atoms with Gasteiger partial charge in [0.15, 0.2) is 0 Å². The molecular weight excluding hydrogens is 325 g/mol. The highest BCUT2D eigenvalue weighted by atomic mass is 35.5. The standard InChI is InChI=1S/C12H15N3S.3ClH/c1-2-4-11-10(3-1)14-12(16-11)9-15-7-5-13-6-8-15;;;/h1-4,13H,5-9H2;3*1H. The zero-order valence-electron chi connectivity index (χ0n) is 10.4. The molecular formula is C12H18Cl3N3S. The summed E-state index contributed by atoms with van der Waals surface area (Å²) in [6, 6.07) is 8.37. The van der Waals surface area contributed by atoms with Crippen molar-refractivity contribution in [3.05, 3.63) is 29.3 Å². The van der Waals surface area contributed by atoms with Crippen molar-refractivity contribution in [2.45, 2.75) is 6.54 Å². The third kappa shape index (κ3) is 4.74. The Bertz CT molecular complexity index is 453. The molecule has 108 valence electrons. The molecule has 0 bridgehead atoms. The van der Waals surface area contributed by atoms with Crippen molar-refractivity contribution in [1.82, 2.24) is 15.2 Å². The van der Waals surface area contributed by atoms with Gasteiger partial charge in [0.2, 0.25) is 0 Å². The topological polar surface area (TPSA) is 28.2 Å². The maximum absolute atomic E-state index is 4.66. The largest absolute Gasteiger partial charge is 0.314 e. The molecule has 1 aromatic heterocycles. The van der Waals surface area contributed by atoms with Crippen LogP contribution in [0.1, 0.15) is 5.01 Å². The lowest BCUT2D eigenvalue weighted by atomic mass is 10.3. The van der Waals surface area contributed by atoms with Crippen molar-refractivity contribution in [1.29, 1.82) is 0 Å². The second kappa shape index (κ2) is 8.95. The molecule has 0 aliphatic carbocycles. The van der Waals surface area contributed by atoms with Crippen LogP contribution < -0.4 is 5.32 Å². The molecule has 0 saturated carbocycles. The fraction of sp³-hybridized carbons (Fsp3) is 0.417. The Morgan fingerprint density at radius 3 is 2.47 bits per heavy atom. The lowest BCUT2D eigenvalue weighted by Crippen LogP contribution is -2.42. The van der Waals surface area contributed by atoms with Crippen LogP contribution in [-0.2, 0) is 6.54 Å². The number of hydrogen-bond acceptors (Lipinski definition) is 4. The quantitative estimate of drug-likeness (QED) is 0.909. The number of hydrogen-bond donors (Lipinski definition) is 1. The van der Waals surface area contributed by atoms with Crippen molar-refractivity contribution in [2.75, 3.05) is 26.2 Å². The molecule has 0 atom stereocenters. The maximum atomic E-state index is 4.66. The molecule has 7 heteroatoms. The smallest absolute Gasteiger partial charge is 0.108 e. The maximum Gasteiger partial charge on any atom is 0.108 e. The first kappa shape index (κ1) is 18.9. The van der Waals surface area contributed by atoms with Gasteiger partial charge in [-0.1, -0.05) is 12.1 Å². The fourth-order valence-electron chi connectivity index (χ4n) is 2.05. The summed E-state index contributed by atoms with van der Waals surface area (Å²) in [5.41, 5.74) is 1.14. The minimum atomic E-state index is 0. The number of aromatic nitrogens is 1. The molecule has 1 saturated heterocycles. The van der Waals surface area contributed by atoms with E-state index in [2.05, 4.69) is 39.5 Å². The highest BCUT2D eigenvalue weighted by molar-refractivity contribution is 7.18. The molecule has 2 aromatic rings. The monoisotopic (exact) mass is 341 g/mol. The van der Waals surface area contributed by atoms with Gasteiger partial charge in [-0.2, -0.15) is 0 Å². The van der Waals surface area contributed by atoms with Crippen molar-refractivity contribution in [2.24, 2.45) is 0 Å². The van der Waals surface area contributed by atoms with Gasteiger partial charge in [0.25, 0.3) is 0 Å². The molecule has 2 heterocycles. The minimum absolute atomic E-state index is 0. The zero-order chi connectivity index (χ0) is 10.8. The van der Waals surface area contributed by atoms with Crippen LogP contribution in [0, 0.1) is 0 Å². The number of nitrogens with zero attached hydrogens (tertiary/aromatic N) is 2. The Morgan fingerprint density at radius 2 is 1.79 bits per heavy atom. The molecule has 0 amide bonds. The summed E-state index contributed by atoms with van der Waals surface area (Å²) in [4.78, 5) is 7.13. The van der Waals surface area contributed by atoms with Crippen molar-refractivity contribution >= 4 is 58.8 Å². The van der Waals surface area contributed by atoms with Gasteiger partial charge in [0.1, 0.15) is 5.01 Å². The van der Waals surface area contributed by atoms with Crippen LogP contribution in [0.2, 0.25) is 0 Å². The predicted molar refractivity (Wildman–Crippen MR) is 89.5 cm³/mol. The lowest BCUT2D eigenvalue weighted by molar-refractivity contribution is 0.233. The molecule has 1 aromatic carbocycles. The minimum Gasteiger partial charge on any atom is -0.314 e. The third-order valence-corrected chi connectivity index (χ3v) is 3.93. The SMILES string of the molecule is Cl.Cl.Cl.c1ccc2sc(CN3CCNCC3)nc2c1. The van der Waals surface area contributed by atoms with Crippen LogP contribution in [0.3, 0.4) is 0 Å². The molecule has 1 N–H and O–H groups in total. The number of halogens is 3. The van der Waals surface area contributed by atoms with Crippen LogP contribution in [0.4, 0.5) is 0 Å². The molecule has 0 radical (unpaired) electrons. The Labute approximate surface area is 136 Å². The first-order valence-electron chi connectivity index (χ1n) is 5.69. The van der Waals surface area contributed by atoms with E-state index in [1.165, 1.54) is 9.71 Å². The van der Waals surface area contributed by atoms with Gasteiger partial charge in [-0.05, 0) is 12.1 Å². The third-order valence-electron chi connectivity index (χ3n) is 2.91. The van der Waals surface area contributed by atoms with E-state index in [0.717, 1.165) is 38.2 Å². The van der Waals surface area contributed by atoms with E-state index in [1.807, 2.05) is 11.3 Å². The summed E-state index contributed by atoms with van der Waals surface area (Å²) in [7, 11) is 0. The Morgan fingerprint density at radius 1 is 1.11 bits per heavy atom. The van der Waals surface area contributed by atoms with Crippen LogP contribution in [0.15, 0.2) is 24.3 Å². The van der Waals surface area contributed by atoms with Crippen LogP contribution in [0.5, 0.6) is 0 Å². The van der Waals surface area contributed by atoms with Gasteiger partial charge < -0.3 is 5.32 Å². The molecule has 0 unspecified atom stereocenters. The highest BCUT2D eigenvalue weighted by Crippen LogP contribution is 2.22. The molecule has 1 aliphatic rings. The molecule has 3 nitrogen and oxygen atoms in total. The molecule has 3 rings (SSSR count). The Kier molecular flexibility index (Phi) is 8.90. The van der Waals surface area contributed by atoms with E-state index in [4.69, 9.17) is 0 Å². The Hall–Kier alpha value is -0.100. The van der Waals surface area contributed by atoms with E-state index in [0.29, 0.717) is 0 Å². The Balaban J connectivity index is 0.00000108. The van der Waals surface area contributed by atoms with E-state index >= 15 is 0 Å². The van der Waals surface area contributed by atoms with Crippen LogP contribution >= 0.6 is 48.6 Å². The number of fused-ring (bicyclic) bond motifs is 1. The molecule has 1 aliphatic heterocycles. The number of rotatable bonds is 2. The van der Waals surface area contributed by atoms with Gasteiger partial charge in [0.05, 0.1) is 16.8 Å². The number of para-hydroxylation sites is 1. The number of piperazine rings is 1. The summed E-state index contributed by atoms with van der Waals surface area (Å²) >= 11 is 1.82. The van der Waals surface area contributed by atoms with Gasteiger partial charge >= 0.3 is 0 Å². The van der Waals surface area contributed by atoms with Crippen molar-refractivity contribution in [3.63, 3.8) is 0 Å². The van der Waals surface area contributed by atoms with E-state index < -0.39 is 0 Å². The van der Waals surface area contributed by atoms with Gasteiger partial charge in [-0.3, -0.25) is 4.90 Å². The normalized spacial score (nSPS) is 15.2. The van der Waals surface area contributed by atoms with E-state index in [9.17, 15) is 0 Å². The zero-order valence-corrected chi connectivity index (χ0v) is 13.6. The first-order valence-corrected chi connectivity index (χ1v) is 6.51. The van der Waals surface area contributed by atoms with Crippen LogP contribution in [0.25, 0.3) is 10.2 Å². The van der Waals surface area contributed by atoms with Gasteiger partial charge in [-0.25, -0.2) is 4.98 Å². The number of thiazole rings is 1. The molecule has 0 spiro atoms.